The van der Waals surface area contributed by atoms with E-state index in [2.05, 4.69) is 0 Å². The smallest absolute Gasteiger partial charge is 0.421 e. The third kappa shape index (κ3) is 2.73. The van der Waals surface area contributed by atoms with Gasteiger partial charge in [0.2, 0.25) is 11.9 Å². The maximum atomic E-state index is 12.0. The zero-order valence-corrected chi connectivity index (χ0v) is 8.28. The number of halogens is 3. The molecule has 0 aromatic heterocycles. The van der Waals surface area contributed by atoms with Crippen LogP contribution in [0.1, 0.15) is 10.4 Å². The maximum Gasteiger partial charge on any atom is 0.421 e. The molecular weight excluding hydrogens is 225 g/mol. The quantitative estimate of drug-likeness (QED) is 0.811. The predicted molar refractivity (Wildman–Crippen MR) is 49.4 cm³/mol. The van der Waals surface area contributed by atoms with Gasteiger partial charge in [0.05, 0.1) is 7.11 Å². The average Bonchev–Trinajstić information content (AvgIpc) is 2.26. The maximum absolute atomic E-state index is 12.0. The van der Waals surface area contributed by atoms with Gasteiger partial charge in [-0.25, -0.2) is 0 Å². The van der Waals surface area contributed by atoms with Crippen LogP contribution in [-0.2, 0) is 0 Å². The van der Waals surface area contributed by atoms with Crippen LogP contribution in [0.5, 0.6) is 5.75 Å². The van der Waals surface area contributed by atoms with E-state index in [1.165, 1.54) is 19.2 Å². The first-order valence-corrected chi connectivity index (χ1v) is 4.29. The summed E-state index contributed by atoms with van der Waals surface area (Å²) in [5.41, 5.74) is -0.217. The number of benzene rings is 1. The molecule has 0 aliphatic rings. The van der Waals surface area contributed by atoms with E-state index in [0.717, 1.165) is 12.1 Å². The molecule has 0 spiro atoms. The summed E-state index contributed by atoms with van der Waals surface area (Å²) in [5, 5.41) is 8.73. The number of carbonyl (C=O) groups is 1. The van der Waals surface area contributed by atoms with E-state index < -0.39 is 18.1 Å². The van der Waals surface area contributed by atoms with Crippen molar-refractivity contribution in [2.75, 3.05) is 7.11 Å². The van der Waals surface area contributed by atoms with Gasteiger partial charge in [-0.15, -0.1) is 0 Å². The molecule has 1 unspecified atom stereocenters. The molecule has 6 heteroatoms. The summed E-state index contributed by atoms with van der Waals surface area (Å²) in [5.74, 6) is -0.965. The van der Waals surface area contributed by atoms with E-state index in [0.29, 0.717) is 5.75 Å². The molecule has 0 saturated heterocycles. The van der Waals surface area contributed by atoms with Crippen molar-refractivity contribution in [3.05, 3.63) is 29.8 Å². The summed E-state index contributed by atoms with van der Waals surface area (Å²) in [6, 6.07) is 5.01. The van der Waals surface area contributed by atoms with E-state index in [1.807, 2.05) is 0 Å². The highest BCUT2D eigenvalue weighted by atomic mass is 19.4. The summed E-state index contributed by atoms with van der Waals surface area (Å²) >= 11 is 0. The monoisotopic (exact) mass is 234 g/mol. The van der Waals surface area contributed by atoms with Gasteiger partial charge in [-0.2, -0.15) is 13.2 Å². The molecule has 0 saturated carbocycles. The molecule has 0 bridgehead atoms. The Bertz CT molecular complexity index is 370. The second-order valence-corrected chi connectivity index (χ2v) is 3.04. The summed E-state index contributed by atoms with van der Waals surface area (Å²) in [6.07, 6.45) is -7.93. The number of Topliss-reactive ketones (excluding diaryl/α,β-unsaturated/α-hetero) is 1. The Morgan fingerprint density at radius 3 is 2.19 bits per heavy atom. The van der Waals surface area contributed by atoms with Crippen LogP contribution >= 0.6 is 0 Å². The SMILES string of the molecule is COc1ccc(C(=O)C(O)C(F)(F)F)cc1. The van der Waals surface area contributed by atoms with Gasteiger partial charge in [0.1, 0.15) is 5.75 Å². The Balaban J connectivity index is 2.88. The fraction of sp³-hybridized carbons (Fsp3) is 0.300. The summed E-state index contributed by atoms with van der Waals surface area (Å²) in [7, 11) is 1.39. The first kappa shape index (κ1) is 12.5. The number of aliphatic hydroxyl groups is 1. The highest BCUT2D eigenvalue weighted by Crippen LogP contribution is 2.23. The minimum atomic E-state index is -4.95. The van der Waals surface area contributed by atoms with Gasteiger partial charge >= 0.3 is 6.18 Å². The number of hydrogen-bond donors (Lipinski definition) is 1. The Labute approximate surface area is 89.5 Å². The highest BCUT2D eigenvalue weighted by molar-refractivity contribution is 5.99. The van der Waals surface area contributed by atoms with Gasteiger partial charge in [-0.3, -0.25) is 4.79 Å². The molecule has 1 aromatic carbocycles. The highest BCUT2D eigenvalue weighted by Gasteiger charge is 2.43. The van der Waals surface area contributed by atoms with Crippen molar-refractivity contribution in [3.63, 3.8) is 0 Å². The van der Waals surface area contributed by atoms with Crippen molar-refractivity contribution < 1.29 is 27.8 Å². The number of rotatable bonds is 3. The van der Waals surface area contributed by atoms with E-state index in [4.69, 9.17) is 9.84 Å². The molecule has 88 valence electrons. The van der Waals surface area contributed by atoms with Crippen molar-refractivity contribution >= 4 is 5.78 Å². The molecule has 0 aliphatic carbocycles. The lowest BCUT2D eigenvalue weighted by molar-refractivity contribution is -0.186. The molecule has 0 radical (unpaired) electrons. The molecule has 1 rings (SSSR count). The number of methoxy groups -OCH3 is 1. The first-order chi connectivity index (χ1) is 7.36. The number of aliphatic hydroxyl groups excluding tert-OH is 1. The number of ether oxygens (including phenoxy) is 1. The Morgan fingerprint density at radius 2 is 1.81 bits per heavy atom. The molecule has 1 N–H and O–H groups in total. The van der Waals surface area contributed by atoms with Crippen molar-refractivity contribution in [3.8, 4) is 5.75 Å². The van der Waals surface area contributed by atoms with Crippen LogP contribution < -0.4 is 4.74 Å². The minimum absolute atomic E-state index is 0.217. The van der Waals surface area contributed by atoms with Crippen LogP contribution in [0.4, 0.5) is 13.2 Å². The summed E-state index contributed by atoms with van der Waals surface area (Å²) in [4.78, 5) is 11.2. The van der Waals surface area contributed by atoms with Crippen molar-refractivity contribution in [2.45, 2.75) is 12.3 Å². The van der Waals surface area contributed by atoms with Gasteiger partial charge in [0.15, 0.2) is 0 Å². The van der Waals surface area contributed by atoms with Crippen molar-refractivity contribution in [2.24, 2.45) is 0 Å². The number of ketones is 1. The fourth-order valence-corrected chi connectivity index (χ4v) is 1.06. The lowest BCUT2D eigenvalue weighted by Crippen LogP contribution is -2.36. The average molecular weight is 234 g/mol. The first-order valence-electron chi connectivity index (χ1n) is 4.29. The van der Waals surface area contributed by atoms with Crippen LogP contribution in [0.3, 0.4) is 0 Å². The minimum Gasteiger partial charge on any atom is -0.497 e. The van der Waals surface area contributed by atoms with E-state index in [9.17, 15) is 18.0 Å². The second kappa shape index (κ2) is 4.52. The normalized spacial score (nSPS) is 13.3. The van der Waals surface area contributed by atoms with Crippen molar-refractivity contribution in [1.29, 1.82) is 0 Å². The molecule has 0 heterocycles. The third-order valence-electron chi connectivity index (χ3n) is 1.93. The lowest BCUT2D eigenvalue weighted by Gasteiger charge is -2.13. The molecule has 0 amide bonds. The van der Waals surface area contributed by atoms with Crippen LogP contribution in [0.15, 0.2) is 24.3 Å². The summed E-state index contributed by atoms with van der Waals surface area (Å²) in [6.45, 7) is 0. The zero-order valence-electron chi connectivity index (χ0n) is 8.28. The van der Waals surface area contributed by atoms with Crippen LogP contribution in [-0.4, -0.2) is 30.3 Å². The molecule has 0 fully saturated rings. The second-order valence-electron chi connectivity index (χ2n) is 3.04. The lowest BCUT2D eigenvalue weighted by atomic mass is 10.1. The van der Waals surface area contributed by atoms with E-state index in [-0.39, 0.29) is 5.56 Å². The number of hydrogen-bond acceptors (Lipinski definition) is 3. The van der Waals surface area contributed by atoms with Crippen molar-refractivity contribution in [1.82, 2.24) is 0 Å². The third-order valence-corrected chi connectivity index (χ3v) is 1.93. The standard InChI is InChI=1S/C10H9F3O3/c1-16-7-4-2-6(3-5-7)8(14)9(15)10(11,12)13/h2-5,9,15H,1H3. The Morgan fingerprint density at radius 1 is 1.31 bits per heavy atom. The molecule has 16 heavy (non-hydrogen) atoms. The van der Waals surface area contributed by atoms with Gasteiger partial charge in [-0.05, 0) is 24.3 Å². The molecule has 3 nitrogen and oxygen atoms in total. The van der Waals surface area contributed by atoms with Crippen LogP contribution in [0.2, 0.25) is 0 Å². The predicted octanol–water partition coefficient (Wildman–Crippen LogP) is 1.80. The largest absolute Gasteiger partial charge is 0.497 e. The Hall–Kier alpha value is -1.56. The van der Waals surface area contributed by atoms with Crippen LogP contribution in [0, 0.1) is 0 Å². The molecule has 1 aromatic rings. The topological polar surface area (TPSA) is 46.5 Å². The van der Waals surface area contributed by atoms with Gasteiger partial charge in [0, 0.05) is 5.56 Å². The zero-order chi connectivity index (χ0) is 12.3. The molecular formula is C10H9F3O3. The Kier molecular flexibility index (Phi) is 3.54. The number of alkyl halides is 3. The molecule has 1 atom stereocenters. The van der Waals surface area contributed by atoms with Gasteiger partial charge in [0.25, 0.3) is 0 Å². The fourth-order valence-electron chi connectivity index (χ4n) is 1.06. The van der Waals surface area contributed by atoms with E-state index >= 15 is 0 Å². The molecule has 0 aliphatic heterocycles. The van der Waals surface area contributed by atoms with Gasteiger partial charge < -0.3 is 9.84 Å². The summed E-state index contributed by atoms with van der Waals surface area (Å²) < 4.78 is 40.9. The van der Waals surface area contributed by atoms with Crippen LogP contribution in [0.25, 0.3) is 0 Å². The van der Waals surface area contributed by atoms with E-state index in [1.54, 1.807) is 0 Å². The number of carbonyl (C=O) groups excluding carboxylic acids is 1. The van der Waals surface area contributed by atoms with Gasteiger partial charge in [-0.1, -0.05) is 0 Å².